The van der Waals surface area contributed by atoms with Gasteiger partial charge in [0.1, 0.15) is 12.4 Å². The van der Waals surface area contributed by atoms with Gasteiger partial charge in [-0.1, -0.05) is 40.2 Å². The summed E-state index contributed by atoms with van der Waals surface area (Å²) in [6.07, 6.45) is 0. The fraction of sp³-hybridized carbons (Fsp3) is 0.250. The molecule has 0 aliphatic heterocycles. The highest BCUT2D eigenvalue weighted by Crippen LogP contribution is 2.13. The van der Waals surface area contributed by atoms with Crippen molar-refractivity contribution in [3.05, 3.63) is 64.1 Å². The third-order valence-corrected chi connectivity index (χ3v) is 3.31. The molecule has 0 fully saturated rings. The first kappa shape index (κ1) is 15.0. The zero-order chi connectivity index (χ0) is 14.2. The van der Waals surface area contributed by atoms with Crippen LogP contribution in [0.4, 0.5) is 0 Å². The molecule has 20 heavy (non-hydrogen) atoms. The Hall–Kier alpha value is -1.36. The predicted octanol–water partition coefficient (Wildman–Crippen LogP) is 3.50. The van der Waals surface area contributed by atoms with Gasteiger partial charge in [-0.3, -0.25) is 0 Å². The molecule has 0 heterocycles. The molecule has 2 aromatic carbocycles. The maximum atomic E-state index is 5.59. The summed E-state index contributed by atoms with van der Waals surface area (Å²) in [6.45, 7) is 2.24. The van der Waals surface area contributed by atoms with E-state index in [1.807, 2.05) is 48.5 Å². The van der Waals surface area contributed by atoms with Crippen LogP contribution in [0.3, 0.4) is 0 Å². The number of rotatable bonds is 7. The Labute approximate surface area is 127 Å². The van der Waals surface area contributed by atoms with Crippen molar-refractivity contribution in [1.82, 2.24) is 0 Å². The van der Waals surface area contributed by atoms with Crippen LogP contribution >= 0.6 is 15.9 Å². The fourth-order valence-electron chi connectivity index (χ4n) is 1.76. The van der Waals surface area contributed by atoms with E-state index in [1.165, 1.54) is 0 Å². The van der Waals surface area contributed by atoms with Gasteiger partial charge < -0.3 is 15.2 Å². The number of halogens is 1. The van der Waals surface area contributed by atoms with Crippen LogP contribution in [0.1, 0.15) is 11.1 Å². The molecular formula is C16H18BrNO2. The lowest BCUT2D eigenvalue weighted by Gasteiger charge is -2.08. The van der Waals surface area contributed by atoms with E-state index in [-0.39, 0.29) is 0 Å². The highest BCUT2D eigenvalue weighted by Gasteiger charge is 1.97. The second-order valence-electron chi connectivity index (χ2n) is 4.38. The van der Waals surface area contributed by atoms with Crippen molar-refractivity contribution in [2.24, 2.45) is 5.73 Å². The average molecular weight is 336 g/mol. The lowest BCUT2D eigenvalue weighted by molar-refractivity contribution is 0.0889. The van der Waals surface area contributed by atoms with Crippen LogP contribution in [-0.2, 0) is 17.9 Å². The maximum Gasteiger partial charge on any atom is 0.119 e. The number of nitrogens with two attached hydrogens (primary N) is 1. The first-order valence-electron chi connectivity index (χ1n) is 6.52. The number of ether oxygens (including phenoxy) is 2. The summed E-state index contributed by atoms with van der Waals surface area (Å²) in [7, 11) is 0. The standard InChI is InChI=1S/C16H18BrNO2/c17-15-3-1-2-14(10-15)12-19-8-9-20-16-6-4-13(11-18)5-7-16/h1-7,10H,8-9,11-12,18H2. The smallest absolute Gasteiger partial charge is 0.119 e. The van der Waals surface area contributed by atoms with Crippen LogP contribution in [0, 0.1) is 0 Å². The van der Waals surface area contributed by atoms with Gasteiger partial charge in [0, 0.05) is 11.0 Å². The molecule has 0 aliphatic carbocycles. The van der Waals surface area contributed by atoms with Gasteiger partial charge in [0.2, 0.25) is 0 Å². The van der Waals surface area contributed by atoms with Crippen LogP contribution in [-0.4, -0.2) is 13.2 Å². The molecule has 0 aliphatic rings. The molecule has 0 spiro atoms. The molecule has 0 saturated heterocycles. The Morgan fingerprint density at radius 3 is 2.45 bits per heavy atom. The maximum absolute atomic E-state index is 5.59. The molecule has 0 radical (unpaired) electrons. The van der Waals surface area contributed by atoms with Crippen LogP contribution < -0.4 is 10.5 Å². The third-order valence-electron chi connectivity index (χ3n) is 2.81. The first-order chi connectivity index (χ1) is 9.78. The van der Waals surface area contributed by atoms with E-state index in [0.717, 1.165) is 21.3 Å². The minimum atomic E-state index is 0.538. The quantitative estimate of drug-likeness (QED) is 0.787. The van der Waals surface area contributed by atoms with Gasteiger partial charge in [0.25, 0.3) is 0 Å². The Balaban J connectivity index is 1.66. The van der Waals surface area contributed by atoms with Crippen LogP contribution in [0.2, 0.25) is 0 Å². The van der Waals surface area contributed by atoms with Gasteiger partial charge in [0.05, 0.1) is 13.2 Å². The van der Waals surface area contributed by atoms with E-state index in [4.69, 9.17) is 15.2 Å². The topological polar surface area (TPSA) is 44.5 Å². The molecule has 0 unspecified atom stereocenters. The lowest BCUT2D eigenvalue weighted by atomic mass is 10.2. The van der Waals surface area contributed by atoms with E-state index >= 15 is 0 Å². The van der Waals surface area contributed by atoms with Gasteiger partial charge in [-0.2, -0.15) is 0 Å². The summed E-state index contributed by atoms with van der Waals surface area (Å²) in [5.74, 6) is 0.841. The average Bonchev–Trinajstić information content (AvgIpc) is 2.48. The minimum absolute atomic E-state index is 0.538. The van der Waals surface area contributed by atoms with Crippen molar-refractivity contribution in [2.45, 2.75) is 13.2 Å². The van der Waals surface area contributed by atoms with Crippen LogP contribution in [0.5, 0.6) is 5.75 Å². The Kier molecular flexibility index (Phi) is 6.05. The van der Waals surface area contributed by atoms with E-state index in [2.05, 4.69) is 15.9 Å². The number of hydrogen-bond donors (Lipinski definition) is 1. The third kappa shape index (κ3) is 4.96. The monoisotopic (exact) mass is 335 g/mol. The second kappa shape index (κ2) is 8.04. The van der Waals surface area contributed by atoms with Gasteiger partial charge in [-0.05, 0) is 35.4 Å². The molecule has 0 atom stereocenters. The molecule has 106 valence electrons. The first-order valence-corrected chi connectivity index (χ1v) is 7.31. The molecule has 0 bridgehead atoms. The zero-order valence-electron chi connectivity index (χ0n) is 11.2. The molecule has 4 heteroatoms. The Bertz CT molecular complexity index is 528. The summed E-state index contributed by atoms with van der Waals surface area (Å²) in [5.41, 5.74) is 7.79. The van der Waals surface area contributed by atoms with Crippen molar-refractivity contribution in [2.75, 3.05) is 13.2 Å². The summed E-state index contributed by atoms with van der Waals surface area (Å²) in [6, 6.07) is 15.9. The zero-order valence-corrected chi connectivity index (χ0v) is 12.8. The summed E-state index contributed by atoms with van der Waals surface area (Å²) in [4.78, 5) is 0. The molecule has 0 saturated carbocycles. The van der Waals surface area contributed by atoms with Crippen LogP contribution in [0.25, 0.3) is 0 Å². The largest absolute Gasteiger partial charge is 0.491 e. The Morgan fingerprint density at radius 2 is 1.75 bits per heavy atom. The fourth-order valence-corrected chi connectivity index (χ4v) is 2.20. The molecule has 2 rings (SSSR count). The number of benzene rings is 2. The summed E-state index contributed by atoms with van der Waals surface area (Å²) >= 11 is 3.44. The van der Waals surface area contributed by atoms with Crippen LogP contribution in [0.15, 0.2) is 53.0 Å². The van der Waals surface area contributed by atoms with Gasteiger partial charge in [0.15, 0.2) is 0 Å². The predicted molar refractivity (Wildman–Crippen MR) is 83.6 cm³/mol. The van der Waals surface area contributed by atoms with Crippen molar-refractivity contribution in [3.63, 3.8) is 0 Å². The molecule has 0 amide bonds. The van der Waals surface area contributed by atoms with Crippen molar-refractivity contribution in [1.29, 1.82) is 0 Å². The van der Waals surface area contributed by atoms with Crippen molar-refractivity contribution >= 4 is 15.9 Å². The molecular weight excluding hydrogens is 318 g/mol. The van der Waals surface area contributed by atoms with Gasteiger partial charge in [-0.25, -0.2) is 0 Å². The lowest BCUT2D eigenvalue weighted by Crippen LogP contribution is -2.06. The highest BCUT2D eigenvalue weighted by molar-refractivity contribution is 9.10. The van der Waals surface area contributed by atoms with Crippen molar-refractivity contribution in [3.8, 4) is 5.75 Å². The molecule has 0 aromatic heterocycles. The summed E-state index contributed by atoms with van der Waals surface area (Å²) < 4.78 is 12.2. The Morgan fingerprint density at radius 1 is 0.950 bits per heavy atom. The van der Waals surface area contributed by atoms with Gasteiger partial charge in [-0.15, -0.1) is 0 Å². The van der Waals surface area contributed by atoms with Crippen molar-refractivity contribution < 1.29 is 9.47 Å². The van der Waals surface area contributed by atoms with E-state index in [9.17, 15) is 0 Å². The second-order valence-corrected chi connectivity index (χ2v) is 5.29. The summed E-state index contributed by atoms with van der Waals surface area (Å²) in [5, 5.41) is 0. The van der Waals surface area contributed by atoms with E-state index < -0.39 is 0 Å². The molecule has 2 N–H and O–H groups in total. The highest BCUT2D eigenvalue weighted by atomic mass is 79.9. The number of hydrogen-bond acceptors (Lipinski definition) is 3. The molecule has 2 aromatic rings. The minimum Gasteiger partial charge on any atom is -0.491 e. The normalized spacial score (nSPS) is 10.5. The van der Waals surface area contributed by atoms with E-state index in [1.54, 1.807) is 0 Å². The van der Waals surface area contributed by atoms with E-state index in [0.29, 0.717) is 26.4 Å². The molecule has 3 nitrogen and oxygen atoms in total. The van der Waals surface area contributed by atoms with Gasteiger partial charge >= 0.3 is 0 Å². The SMILES string of the molecule is NCc1ccc(OCCOCc2cccc(Br)c2)cc1.